The van der Waals surface area contributed by atoms with Crippen molar-refractivity contribution in [1.82, 2.24) is 4.98 Å². The van der Waals surface area contributed by atoms with Crippen LogP contribution in [-0.2, 0) is 4.74 Å². The van der Waals surface area contributed by atoms with E-state index in [9.17, 15) is 9.59 Å². The Kier molecular flexibility index (Phi) is 2.88. The van der Waals surface area contributed by atoms with Gasteiger partial charge < -0.3 is 9.72 Å². The number of fused-ring (bicyclic) bond motifs is 1. The molecule has 2 rings (SSSR count). The normalized spacial score (nSPS) is 9.82. The minimum atomic E-state index is -0.672. The molecule has 0 aliphatic heterocycles. The van der Waals surface area contributed by atoms with Gasteiger partial charge in [-0.15, -0.1) is 0 Å². The van der Waals surface area contributed by atoms with Crippen LogP contribution in [-0.4, -0.2) is 17.6 Å². The van der Waals surface area contributed by atoms with E-state index in [1.54, 1.807) is 30.3 Å². The SMILES string of the molecule is N#CCOC(=O)c1cc(=O)[nH]c2ccccc12. The van der Waals surface area contributed by atoms with Gasteiger partial charge in [-0.25, -0.2) is 4.79 Å². The van der Waals surface area contributed by atoms with E-state index in [4.69, 9.17) is 5.26 Å². The highest BCUT2D eigenvalue weighted by Crippen LogP contribution is 2.15. The molecule has 84 valence electrons. The number of pyridine rings is 1. The van der Waals surface area contributed by atoms with E-state index in [1.807, 2.05) is 0 Å². The smallest absolute Gasteiger partial charge is 0.340 e. The Morgan fingerprint density at radius 3 is 2.94 bits per heavy atom. The van der Waals surface area contributed by atoms with Gasteiger partial charge in [0.25, 0.3) is 0 Å². The molecule has 0 bridgehead atoms. The summed E-state index contributed by atoms with van der Waals surface area (Å²) in [5.41, 5.74) is 0.344. The van der Waals surface area contributed by atoms with Crippen LogP contribution in [0.1, 0.15) is 10.4 Å². The fourth-order valence-electron chi connectivity index (χ4n) is 1.55. The lowest BCUT2D eigenvalue weighted by Gasteiger charge is -2.04. The summed E-state index contributed by atoms with van der Waals surface area (Å²) in [6, 6.07) is 9.77. The fraction of sp³-hybridized carbons (Fsp3) is 0.0833. The molecule has 5 heteroatoms. The average Bonchev–Trinajstić information content (AvgIpc) is 2.34. The number of hydrogen-bond acceptors (Lipinski definition) is 4. The molecular formula is C12H8N2O3. The number of rotatable bonds is 2. The number of para-hydroxylation sites is 1. The molecule has 1 aromatic carbocycles. The van der Waals surface area contributed by atoms with Gasteiger partial charge in [-0.3, -0.25) is 4.79 Å². The molecule has 2 aromatic rings. The van der Waals surface area contributed by atoms with Gasteiger partial charge in [0.2, 0.25) is 5.56 Å². The maximum atomic E-state index is 11.6. The highest BCUT2D eigenvalue weighted by Gasteiger charge is 2.12. The maximum absolute atomic E-state index is 11.6. The van der Waals surface area contributed by atoms with E-state index in [0.717, 1.165) is 0 Å². The molecule has 1 aromatic heterocycles. The second-order valence-electron chi connectivity index (χ2n) is 3.33. The summed E-state index contributed by atoms with van der Waals surface area (Å²) in [5.74, 6) is -0.672. The number of carbonyl (C=O) groups is 1. The Morgan fingerprint density at radius 2 is 2.18 bits per heavy atom. The van der Waals surface area contributed by atoms with Crippen LogP contribution in [0.4, 0.5) is 0 Å². The highest BCUT2D eigenvalue weighted by molar-refractivity contribution is 6.03. The number of carbonyl (C=O) groups excluding carboxylic acids is 1. The number of aromatic amines is 1. The third-order valence-electron chi connectivity index (χ3n) is 2.24. The molecule has 0 radical (unpaired) electrons. The zero-order valence-corrected chi connectivity index (χ0v) is 8.77. The van der Waals surface area contributed by atoms with Crippen molar-refractivity contribution in [2.75, 3.05) is 6.61 Å². The second-order valence-corrected chi connectivity index (χ2v) is 3.33. The minimum absolute atomic E-state index is 0.166. The van der Waals surface area contributed by atoms with Gasteiger partial charge in [0.15, 0.2) is 6.61 Å². The molecule has 0 saturated carbocycles. The van der Waals surface area contributed by atoms with Crippen LogP contribution in [0, 0.1) is 11.3 Å². The van der Waals surface area contributed by atoms with Gasteiger partial charge >= 0.3 is 5.97 Å². The molecule has 0 atom stereocenters. The zero-order valence-electron chi connectivity index (χ0n) is 8.77. The van der Waals surface area contributed by atoms with Crippen molar-refractivity contribution in [3.05, 3.63) is 46.2 Å². The molecule has 0 amide bonds. The number of H-pyrrole nitrogens is 1. The first-order valence-corrected chi connectivity index (χ1v) is 4.88. The molecular weight excluding hydrogens is 220 g/mol. The number of aromatic nitrogens is 1. The number of benzene rings is 1. The number of ether oxygens (including phenoxy) is 1. The maximum Gasteiger partial charge on any atom is 0.340 e. The van der Waals surface area contributed by atoms with Crippen LogP contribution in [0.2, 0.25) is 0 Å². The summed E-state index contributed by atoms with van der Waals surface area (Å²) in [4.78, 5) is 25.6. The van der Waals surface area contributed by atoms with Crippen LogP contribution < -0.4 is 5.56 Å². The summed E-state index contributed by atoms with van der Waals surface area (Å²) >= 11 is 0. The predicted octanol–water partition coefficient (Wildman–Crippen LogP) is 1.21. The number of nitriles is 1. The van der Waals surface area contributed by atoms with Gasteiger partial charge in [0.05, 0.1) is 5.56 Å². The number of nitrogens with one attached hydrogen (secondary N) is 1. The molecule has 1 heterocycles. The van der Waals surface area contributed by atoms with Gasteiger partial charge in [0, 0.05) is 17.0 Å². The van der Waals surface area contributed by atoms with Gasteiger partial charge in [-0.2, -0.15) is 5.26 Å². The van der Waals surface area contributed by atoms with Crippen LogP contribution in [0.25, 0.3) is 10.9 Å². The molecule has 0 spiro atoms. The molecule has 5 nitrogen and oxygen atoms in total. The minimum Gasteiger partial charge on any atom is -0.447 e. The Balaban J connectivity index is 2.57. The predicted molar refractivity (Wildman–Crippen MR) is 60.5 cm³/mol. The Bertz CT molecular complexity index is 667. The van der Waals surface area contributed by atoms with Crippen molar-refractivity contribution in [3.63, 3.8) is 0 Å². The van der Waals surface area contributed by atoms with E-state index in [-0.39, 0.29) is 17.7 Å². The number of esters is 1. The van der Waals surface area contributed by atoms with E-state index >= 15 is 0 Å². The van der Waals surface area contributed by atoms with Crippen LogP contribution in [0.15, 0.2) is 35.1 Å². The largest absolute Gasteiger partial charge is 0.447 e. The molecule has 0 unspecified atom stereocenters. The fourth-order valence-corrected chi connectivity index (χ4v) is 1.55. The third kappa shape index (κ3) is 2.16. The molecule has 0 aliphatic rings. The Labute approximate surface area is 96.3 Å². The first-order valence-electron chi connectivity index (χ1n) is 4.88. The van der Waals surface area contributed by atoms with Gasteiger partial charge in [-0.05, 0) is 6.07 Å². The lowest BCUT2D eigenvalue weighted by atomic mass is 10.1. The van der Waals surface area contributed by atoms with E-state index < -0.39 is 5.97 Å². The first kappa shape index (κ1) is 10.9. The topological polar surface area (TPSA) is 82.9 Å². The molecule has 0 saturated heterocycles. The van der Waals surface area contributed by atoms with E-state index in [1.165, 1.54) is 6.07 Å². The van der Waals surface area contributed by atoms with Crippen LogP contribution in [0.3, 0.4) is 0 Å². The quantitative estimate of drug-likeness (QED) is 0.783. The monoisotopic (exact) mass is 228 g/mol. The van der Waals surface area contributed by atoms with Crippen LogP contribution in [0.5, 0.6) is 0 Å². The van der Waals surface area contributed by atoms with Crippen molar-refractivity contribution in [1.29, 1.82) is 5.26 Å². The molecule has 0 fully saturated rings. The van der Waals surface area contributed by atoms with Crippen molar-refractivity contribution < 1.29 is 9.53 Å². The van der Waals surface area contributed by atoms with Crippen molar-refractivity contribution in [2.24, 2.45) is 0 Å². The summed E-state index contributed by atoms with van der Waals surface area (Å²) in [6.07, 6.45) is 0. The second kappa shape index (κ2) is 4.49. The van der Waals surface area contributed by atoms with Crippen molar-refractivity contribution in [3.8, 4) is 6.07 Å². The number of nitrogens with zero attached hydrogens (tertiary/aromatic N) is 1. The van der Waals surface area contributed by atoms with Gasteiger partial charge in [-0.1, -0.05) is 18.2 Å². The van der Waals surface area contributed by atoms with Crippen molar-refractivity contribution in [2.45, 2.75) is 0 Å². The molecule has 0 aliphatic carbocycles. The Morgan fingerprint density at radius 1 is 1.41 bits per heavy atom. The summed E-state index contributed by atoms with van der Waals surface area (Å²) in [7, 11) is 0. The lowest BCUT2D eigenvalue weighted by Crippen LogP contribution is -2.12. The van der Waals surface area contributed by atoms with E-state index in [0.29, 0.717) is 10.9 Å². The Hall–Kier alpha value is -2.61. The average molecular weight is 228 g/mol. The van der Waals surface area contributed by atoms with E-state index in [2.05, 4.69) is 9.72 Å². The third-order valence-corrected chi connectivity index (χ3v) is 2.24. The standard InChI is InChI=1S/C12H8N2O3/c13-5-6-17-12(16)9-7-11(15)14-10-4-2-1-3-8(9)10/h1-4,7H,6H2,(H,14,15). The summed E-state index contributed by atoms with van der Waals surface area (Å²) < 4.78 is 4.69. The molecule has 1 N–H and O–H groups in total. The van der Waals surface area contributed by atoms with Crippen LogP contribution >= 0.6 is 0 Å². The zero-order chi connectivity index (χ0) is 12.3. The first-order chi connectivity index (χ1) is 8.22. The van der Waals surface area contributed by atoms with Crippen molar-refractivity contribution >= 4 is 16.9 Å². The lowest BCUT2D eigenvalue weighted by molar-refractivity contribution is 0.0557. The summed E-state index contributed by atoms with van der Waals surface area (Å²) in [5, 5.41) is 8.93. The number of hydrogen-bond donors (Lipinski definition) is 1. The highest BCUT2D eigenvalue weighted by atomic mass is 16.5. The summed E-state index contributed by atoms with van der Waals surface area (Å²) in [6.45, 7) is -0.333. The molecule has 17 heavy (non-hydrogen) atoms. The van der Waals surface area contributed by atoms with Gasteiger partial charge in [0.1, 0.15) is 6.07 Å².